The van der Waals surface area contributed by atoms with Gasteiger partial charge in [-0.25, -0.2) is 0 Å². The third-order valence-corrected chi connectivity index (χ3v) is 4.52. The first-order valence-electron chi connectivity index (χ1n) is 7.83. The quantitative estimate of drug-likeness (QED) is 0.873. The van der Waals surface area contributed by atoms with Gasteiger partial charge in [-0.2, -0.15) is 4.98 Å². The zero-order valence-corrected chi connectivity index (χ0v) is 12.9. The molecule has 1 aromatic heterocycles. The van der Waals surface area contributed by atoms with Crippen LogP contribution in [-0.2, 0) is 4.79 Å². The fraction of sp³-hybridized carbons (Fsp3) is 0.471. The van der Waals surface area contributed by atoms with Gasteiger partial charge in [-0.1, -0.05) is 22.9 Å². The van der Waals surface area contributed by atoms with Gasteiger partial charge in [0, 0.05) is 24.6 Å². The van der Waals surface area contributed by atoms with Crippen LogP contribution in [0.5, 0.6) is 0 Å². The number of hydrogen-bond acceptors (Lipinski definition) is 4. The molecular weight excluding hydrogens is 278 g/mol. The second-order valence-corrected chi connectivity index (χ2v) is 6.46. The Hall–Kier alpha value is -2.17. The molecule has 1 amide bonds. The van der Waals surface area contributed by atoms with Crippen molar-refractivity contribution < 1.29 is 9.32 Å². The lowest BCUT2D eigenvalue weighted by Gasteiger charge is -2.19. The van der Waals surface area contributed by atoms with Gasteiger partial charge in [-0.15, -0.1) is 0 Å². The minimum Gasteiger partial charge on any atom is -0.339 e. The van der Waals surface area contributed by atoms with Crippen LogP contribution in [0.25, 0.3) is 0 Å². The summed E-state index contributed by atoms with van der Waals surface area (Å²) in [4.78, 5) is 18.7. The summed E-state index contributed by atoms with van der Waals surface area (Å²) in [5, 5.41) is 4.06. The van der Waals surface area contributed by atoms with Crippen molar-refractivity contribution >= 4 is 11.6 Å². The number of aromatic nitrogens is 2. The number of nitrogens with zero attached hydrogens (tertiary/aromatic N) is 3. The fourth-order valence-electron chi connectivity index (χ4n) is 3.13. The highest BCUT2D eigenvalue weighted by atomic mass is 16.5. The second-order valence-electron chi connectivity index (χ2n) is 6.46. The third kappa shape index (κ3) is 2.30. The van der Waals surface area contributed by atoms with Gasteiger partial charge in [-0.05, 0) is 38.3 Å². The zero-order chi connectivity index (χ0) is 15.3. The average molecular weight is 297 g/mol. The molecule has 1 aliphatic heterocycles. The summed E-state index contributed by atoms with van der Waals surface area (Å²) in [5.41, 5.74) is 3.31. The summed E-state index contributed by atoms with van der Waals surface area (Å²) in [6, 6.07) is 6.17. The smallest absolute Gasteiger partial charge is 0.232 e. The molecule has 2 fully saturated rings. The molecule has 0 bridgehead atoms. The molecule has 1 saturated carbocycles. The lowest BCUT2D eigenvalue weighted by Crippen LogP contribution is -2.25. The maximum atomic E-state index is 12.4. The number of aryl methyl sites for hydroxylation is 2. The lowest BCUT2D eigenvalue weighted by molar-refractivity contribution is -0.117. The molecule has 1 aromatic carbocycles. The van der Waals surface area contributed by atoms with Crippen LogP contribution in [0.15, 0.2) is 22.7 Å². The van der Waals surface area contributed by atoms with Crippen LogP contribution in [0.3, 0.4) is 0 Å². The normalized spacial score (nSPS) is 21.6. The van der Waals surface area contributed by atoms with Crippen molar-refractivity contribution in [3.8, 4) is 0 Å². The molecular formula is C17H19N3O2. The molecule has 0 N–H and O–H groups in total. The van der Waals surface area contributed by atoms with E-state index in [9.17, 15) is 4.79 Å². The number of benzene rings is 1. The molecule has 1 saturated heterocycles. The summed E-state index contributed by atoms with van der Waals surface area (Å²) in [6.45, 7) is 4.72. The van der Waals surface area contributed by atoms with Crippen molar-refractivity contribution in [3.05, 3.63) is 41.0 Å². The molecule has 2 aliphatic rings. The number of carbonyl (C=O) groups excluding carboxylic acids is 1. The molecule has 0 spiro atoms. The Labute approximate surface area is 129 Å². The van der Waals surface area contributed by atoms with Crippen LogP contribution in [0, 0.1) is 13.8 Å². The van der Waals surface area contributed by atoms with E-state index >= 15 is 0 Å². The fourth-order valence-corrected chi connectivity index (χ4v) is 3.13. The minimum absolute atomic E-state index is 0.00760. The predicted molar refractivity (Wildman–Crippen MR) is 81.9 cm³/mol. The molecule has 0 radical (unpaired) electrons. The van der Waals surface area contributed by atoms with E-state index in [0.29, 0.717) is 24.8 Å². The Bertz CT molecular complexity index is 733. The van der Waals surface area contributed by atoms with E-state index in [4.69, 9.17) is 4.52 Å². The van der Waals surface area contributed by atoms with Crippen LogP contribution in [0.2, 0.25) is 0 Å². The van der Waals surface area contributed by atoms with E-state index in [1.807, 2.05) is 24.0 Å². The van der Waals surface area contributed by atoms with Gasteiger partial charge in [0.1, 0.15) is 0 Å². The first kappa shape index (κ1) is 13.5. The van der Waals surface area contributed by atoms with E-state index in [1.165, 1.54) is 5.56 Å². The van der Waals surface area contributed by atoms with Gasteiger partial charge < -0.3 is 9.42 Å². The summed E-state index contributed by atoms with van der Waals surface area (Å²) < 4.78 is 5.39. The lowest BCUT2D eigenvalue weighted by atomic mass is 10.1. The number of carbonyl (C=O) groups is 1. The molecule has 2 aromatic rings. The van der Waals surface area contributed by atoms with Gasteiger partial charge >= 0.3 is 0 Å². The van der Waals surface area contributed by atoms with Crippen molar-refractivity contribution in [2.45, 2.75) is 44.9 Å². The van der Waals surface area contributed by atoms with E-state index in [2.05, 4.69) is 23.1 Å². The van der Waals surface area contributed by atoms with Crippen molar-refractivity contribution in [3.63, 3.8) is 0 Å². The predicted octanol–water partition coefficient (Wildman–Crippen LogP) is 3.08. The molecule has 22 heavy (non-hydrogen) atoms. The highest BCUT2D eigenvalue weighted by Gasteiger charge is 2.37. The average Bonchev–Trinajstić information content (AvgIpc) is 3.08. The number of amides is 1. The van der Waals surface area contributed by atoms with Gasteiger partial charge in [0.05, 0.1) is 5.92 Å². The van der Waals surface area contributed by atoms with Crippen molar-refractivity contribution in [2.24, 2.45) is 0 Å². The van der Waals surface area contributed by atoms with Crippen LogP contribution in [-0.4, -0.2) is 22.6 Å². The molecule has 5 nitrogen and oxygen atoms in total. The SMILES string of the molecule is Cc1ccc(N2CC(c3nc(C4CC4)no3)CC2=O)c(C)c1. The summed E-state index contributed by atoms with van der Waals surface area (Å²) in [7, 11) is 0. The van der Waals surface area contributed by atoms with Crippen LogP contribution >= 0.6 is 0 Å². The van der Waals surface area contributed by atoms with Crippen molar-refractivity contribution in [1.82, 2.24) is 10.1 Å². The number of hydrogen-bond donors (Lipinski definition) is 0. The second kappa shape index (κ2) is 4.93. The molecule has 114 valence electrons. The van der Waals surface area contributed by atoms with E-state index in [-0.39, 0.29) is 11.8 Å². The zero-order valence-electron chi connectivity index (χ0n) is 12.9. The van der Waals surface area contributed by atoms with Gasteiger partial charge in [0.25, 0.3) is 0 Å². The highest BCUT2D eigenvalue weighted by molar-refractivity contribution is 5.97. The Morgan fingerprint density at radius 1 is 1.23 bits per heavy atom. The Balaban J connectivity index is 1.57. The first-order chi connectivity index (χ1) is 10.6. The van der Waals surface area contributed by atoms with Gasteiger partial charge in [0.15, 0.2) is 5.82 Å². The van der Waals surface area contributed by atoms with E-state index in [1.54, 1.807) is 0 Å². The maximum absolute atomic E-state index is 12.4. The van der Waals surface area contributed by atoms with Crippen molar-refractivity contribution in [1.29, 1.82) is 0 Å². The summed E-state index contributed by atoms with van der Waals surface area (Å²) >= 11 is 0. The topological polar surface area (TPSA) is 59.2 Å². The van der Waals surface area contributed by atoms with Crippen LogP contribution in [0.1, 0.15) is 53.9 Å². The van der Waals surface area contributed by atoms with E-state index in [0.717, 1.165) is 29.9 Å². The standard InChI is InChI=1S/C17H19N3O2/c1-10-3-6-14(11(2)7-10)20-9-13(8-15(20)21)17-18-16(19-22-17)12-4-5-12/h3,6-7,12-13H,4-5,8-9H2,1-2H3. The number of anilines is 1. The van der Waals surface area contributed by atoms with E-state index < -0.39 is 0 Å². The third-order valence-electron chi connectivity index (χ3n) is 4.52. The molecule has 1 unspecified atom stereocenters. The molecule has 1 aliphatic carbocycles. The Kier molecular flexibility index (Phi) is 3.03. The monoisotopic (exact) mass is 297 g/mol. The molecule has 5 heteroatoms. The summed E-state index contributed by atoms with van der Waals surface area (Å²) in [6.07, 6.45) is 2.74. The van der Waals surface area contributed by atoms with Crippen LogP contribution < -0.4 is 4.90 Å². The highest BCUT2D eigenvalue weighted by Crippen LogP contribution is 2.39. The van der Waals surface area contributed by atoms with Crippen LogP contribution in [0.4, 0.5) is 5.69 Å². The minimum atomic E-state index is 0.00760. The first-order valence-corrected chi connectivity index (χ1v) is 7.83. The van der Waals surface area contributed by atoms with Crippen molar-refractivity contribution in [2.75, 3.05) is 11.4 Å². The van der Waals surface area contributed by atoms with Gasteiger partial charge in [0.2, 0.25) is 11.8 Å². The molecule has 2 heterocycles. The maximum Gasteiger partial charge on any atom is 0.232 e. The summed E-state index contributed by atoms with van der Waals surface area (Å²) in [5.74, 6) is 2.04. The van der Waals surface area contributed by atoms with Gasteiger partial charge in [-0.3, -0.25) is 4.79 Å². The Morgan fingerprint density at radius 3 is 2.77 bits per heavy atom. The Morgan fingerprint density at radius 2 is 2.05 bits per heavy atom. The molecule has 4 rings (SSSR count). The number of rotatable bonds is 3. The largest absolute Gasteiger partial charge is 0.339 e. The molecule has 1 atom stereocenters.